The van der Waals surface area contributed by atoms with E-state index in [9.17, 15) is 8.78 Å². The van der Waals surface area contributed by atoms with Crippen LogP contribution in [0, 0.1) is 11.6 Å². The smallest absolute Gasteiger partial charge is 0.130 e. The van der Waals surface area contributed by atoms with Crippen molar-refractivity contribution < 1.29 is 8.78 Å². The van der Waals surface area contributed by atoms with Gasteiger partial charge in [0.15, 0.2) is 0 Å². The minimum Gasteiger partial charge on any atom is -0.312 e. The summed E-state index contributed by atoms with van der Waals surface area (Å²) in [5.74, 6) is -1.04. The van der Waals surface area contributed by atoms with Gasteiger partial charge in [0, 0.05) is 30.0 Å². The lowest BCUT2D eigenvalue weighted by Gasteiger charge is -2.03. The fourth-order valence-electron chi connectivity index (χ4n) is 0.955. The van der Waals surface area contributed by atoms with Gasteiger partial charge in [-0.05, 0) is 6.07 Å². The molecule has 1 N–H and O–H groups in total. The second kappa shape index (κ2) is 5.29. The van der Waals surface area contributed by atoms with Crippen LogP contribution < -0.4 is 5.32 Å². The molecule has 1 nitrogen and oxygen atoms in total. The van der Waals surface area contributed by atoms with Crippen molar-refractivity contribution >= 4 is 15.9 Å². The highest BCUT2D eigenvalue weighted by atomic mass is 79.9. The molecule has 1 rings (SSSR count). The number of nitrogens with one attached hydrogen (secondary N) is 1. The Balaban J connectivity index is 2.56. The van der Waals surface area contributed by atoms with Crippen molar-refractivity contribution in [2.75, 3.05) is 11.9 Å². The van der Waals surface area contributed by atoms with Crippen LogP contribution in [0.4, 0.5) is 8.78 Å². The van der Waals surface area contributed by atoms with Crippen molar-refractivity contribution in [1.29, 1.82) is 0 Å². The van der Waals surface area contributed by atoms with Crippen LogP contribution in [0.15, 0.2) is 18.2 Å². The molecule has 0 heterocycles. The number of halogens is 3. The second-order valence-electron chi connectivity index (χ2n) is 2.60. The molecule has 72 valence electrons. The first-order valence-electron chi connectivity index (χ1n) is 3.94. The van der Waals surface area contributed by atoms with Crippen LogP contribution >= 0.6 is 15.9 Å². The van der Waals surface area contributed by atoms with Crippen LogP contribution in [0.3, 0.4) is 0 Å². The summed E-state index contributed by atoms with van der Waals surface area (Å²) in [6.45, 7) is 1.19. The fraction of sp³-hybridized carbons (Fsp3) is 0.333. The summed E-state index contributed by atoms with van der Waals surface area (Å²) in [6, 6.07) is 3.60. The molecular weight excluding hydrogens is 240 g/mol. The SMILES string of the molecule is Fc1ccc(CNCCBr)c(F)c1. The first-order chi connectivity index (χ1) is 6.24. The van der Waals surface area contributed by atoms with Gasteiger partial charge in [0.05, 0.1) is 0 Å². The zero-order valence-corrected chi connectivity index (χ0v) is 8.57. The third-order valence-corrected chi connectivity index (χ3v) is 2.00. The molecule has 0 aliphatic carbocycles. The lowest BCUT2D eigenvalue weighted by atomic mass is 10.2. The van der Waals surface area contributed by atoms with Crippen molar-refractivity contribution in [2.24, 2.45) is 0 Å². The Hall–Kier alpha value is -0.480. The van der Waals surface area contributed by atoms with Crippen molar-refractivity contribution in [2.45, 2.75) is 6.54 Å². The van der Waals surface area contributed by atoms with Gasteiger partial charge in [0.25, 0.3) is 0 Å². The van der Waals surface area contributed by atoms with Crippen LogP contribution in [-0.4, -0.2) is 11.9 Å². The molecular formula is C9H10BrF2N. The van der Waals surface area contributed by atoms with Crippen LogP contribution in [-0.2, 0) is 6.54 Å². The van der Waals surface area contributed by atoms with Gasteiger partial charge in [-0.1, -0.05) is 22.0 Å². The van der Waals surface area contributed by atoms with E-state index >= 15 is 0 Å². The molecule has 0 atom stereocenters. The Kier molecular flexibility index (Phi) is 4.32. The zero-order chi connectivity index (χ0) is 9.68. The Bertz CT molecular complexity index is 278. The van der Waals surface area contributed by atoms with Gasteiger partial charge in [-0.15, -0.1) is 0 Å². The largest absolute Gasteiger partial charge is 0.312 e. The molecule has 0 bridgehead atoms. The molecule has 0 spiro atoms. The summed E-state index contributed by atoms with van der Waals surface area (Å²) in [6.07, 6.45) is 0. The standard InChI is InChI=1S/C9H10BrF2N/c10-3-4-13-6-7-1-2-8(11)5-9(7)12/h1-2,5,13H,3-4,6H2. The minimum atomic E-state index is -0.540. The molecule has 4 heteroatoms. The molecule has 13 heavy (non-hydrogen) atoms. The Morgan fingerprint density at radius 1 is 1.31 bits per heavy atom. The normalized spacial score (nSPS) is 10.4. The van der Waals surface area contributed by atoms with Gasteiger partial charge in [0.1, 0.15) is 11.6 Å². The number of hydrogen-bond donors (Lipinski definition) is 1. The molecule has 0 radical (unpaired) electrons. The maximum absolute atomic E-state index is 13.0. The van der Waals surface area contributed by atoms with Gasteiger partial charge in [-0.25, -0.2) is 8.78 Å². The van der Waals surface area contributed by atoms with Gasteiger partial charge >= 0.3 is 0 Å². The molecule has 0 fully saturated rings. The van der Waals surface area contributed by atoms with Crippen LogP contribution in [0.1, 0.15) is 5.56 Å². The van der Waals surface area contributed by atoms with Gasteiger partial charge < -0.3 is 5.32 Å². The summed E-state index contributed by atoms with van der Waals surface area (Å²) in [5, 5.41) is 3.82. The van der Waals surface area contributed by atoms with Gasteiger partial charge in [-0.3, -0.25) is 0 Å². The van der Waals surface area contributed by atoms with Crippen LogP contribution in [0.2, 0.25) is 0 Å². The van der Waals surface area contributed by atoms with E-state index in [1.165, 1.54) is 12.1 Å². The van der Waals surface area contributed by atoms with E-state index in [2.05, 4.69) is 21.2 Å². The summed E-state index contributed by atoms with van der Waals surface area (Å²) in [5.41, 5.74) is 0.488. The molecule has 0 saturated heterocycles. The maximum Gasteiger partial charge on any atom is 0.130 e. The van der Waals surface area contributed by atoms with Crippen molar-refractivity contribution in [3.8, 4) is 0 Å². The maximum atomic E-state index is 13.0. The molecule has 0 amide bonds. The number of hydrogen-bond acceptors (Lipinski definition) is 1. The van der Waals surface area contributed by atoms with E-state index in [0.717, 1.165) is 17.9 Å². The first kappa shape index (κ1) is 10.6. The molecule has 0 unspecified atom stereocenters. The van der Waals surface area contributed by atoms with Gasteiger partial charge in [0.2, 0.25) is 0 Å². The quantitative estimate of drug-likeness (QED) is 0.639. The topological polar surface area (TPSA) is 12.0 Å². The predicted octanol–water partition coefficient (Wildman–Crippen LogP) is 2.45. The molecule has 1 aromatic carbocycles. The predicted molar refractivity (Wildman–Crippen MR) is 51.9 cm³/mol. The van der Waals surface area contributed by atoms with E-state index < -0.39 is 11.6 Å². The number of alkyl halides is 1. The second-order valence-corrected chi connectivity index (χ2v) is 3.39. The highest BCUT2D eigenvalue weighted by Gasteiger charge is 2.02. The average molecular weight is 250 g/mol. The van der Waals surface area contributed by atoms with Crippen LogP contribution in [0.25, 0.3) is 0 Å². The Labute approximate surface area is 84.3 Å². The van der Waals surface area contributed by atoms with E-state index in [4.69, 9.17) is 0 Å². The lowest BCUT2D eigenvalue weighted by Crippen LogP contribution is -2.16. The summed E-state index contributed by atoms with van der Waals surface area (Å²) >= 11 is 3.24. The van der Waals surface area contributed by atoms with Crippen molar-refractivity contribution in [3.63, 3.8) is 0 Å². The molecule has 0 aliphatic rings. The van der Waals surface area contributed by atoms with Crippen molar-refractivity contribution in [1.82, 2.24) is 5.32 Å². The Morgan fingerprint density at radius 2 is 2.08 bits per heavy atom. The molecule has 0 aliphatic heterocycles. The zero-order valence-electron chi connectivity index (χ0n) is 6.99. The highest BCUT2D eigenvalue weighted by Crippen LogP contribution is 2.08. The third-order valence-electron chi connectivity index (χ3n) is 1.60. The number of rotatable bonds is 4. The first-order valence-corrected chi connectivity index (χ1v) is 5.07. The van der Waals surface area contributed by atoms with Crippen molar-refractivity contribution in [3.05, 3.63) is 35.4 Å². The Morgan fingerprint density at radius 3 is 2.69 bits per heavy atom. The third kappa shape index (κ3) is 3.40. The summed E-state index contributed by atoms with van der Waals surface area (Å²) in [4.78, 5) is 0. The molecule has 0 saturated carbocycles. The van der Waals surface area contributed by atoms with Crippen LogP contribution in [0.5, 0.6) is 0 Å². The highest BCUT2D eigenvalue weighted by molar-refractivity contribution is 9.09. The van der Waals surface area contributed by atoms with E-state index in [-0.39, 0.29) is 0 Å². The minimum absolute atomic E-state index is 0.428. The van der Waals surface area contributed by atoms with E-state index in [0.29, 0.717) is 12.1 Å². The van der Waals surface area contributed by atoms with E-state index in [1.807, 2.05) is 0 Å². The summed E-state index contributed by atoms with van der Waals surface area (Å²) < 4.78 is 25.5. The average Bonchev–Trinajstić information content (AvgIpc) is 2.09. The monoisotopic (exact) mass is 249 g/mol. The van der Waals surface area contributed by atoms with Gasteiger partial charge in [-0.2, -0.15) is 0 Å². The van der Waals surface area contributed by atoms with E-state index in [1.54, 1.807) is 0 Å². The lowest BCUT2D eigenvalue weighted by molar-refractivity contribution is 0.563. The fourth-order valence-corrected chi connectivity index (χ4v) is 1.24. The molecule has 1 aromatic rings. The molecule has 0 aromatic heterocycles. The number of benzene rings is 1. The summed E-state index contributed by atoms with van der Waals surface area (Å²) in [7, 11) is 0.